The van der Waals surface area contributed by atoms with Crippen molar-refractivity contribution in [2.75, 3.05) is 25.4 Å². The molecule has 1 aliphatic carbocycles. The van der Waals surface area contributed by atoms with Crippen LogP contribution in [0.3, 0.4) is 0 Å². The van der Waals surface area contributed by atoms with Gasteiger partial charge in [0.1, 0.15) is 0 Å². The lowest BCUT2D eigenvalue weighted by Gasteiger charge is -2.36. The van der Waals surface area contributed by atoms with Gasteiger partial charge >= 0.3 is 0 Å². The third kappa shape index (κ3) is 4.40. The molecular weight excluding hydrogens is 355 g/mol. The average molecular weight is 379 g/mol. The molecule has 7 heteroatoms. The van der Waals surface area contributed by atoms with E-state index in [1.54, 1.807) is 4.31 Å². The Morgan fingerprint density at radius 1 is 1.22 bits per heavy atom. The Morgan fingerprint density at radius 2 is 1.91 bits per heavy atom. The first-order chi connectivity index (χ1) is 10.6. The van der Waals surface area contributed by atoms with E-state index in [-0.39, 0.29) is 24.2 Å². The number of hydrogen-bond donors (Lipinski definition) is 1. The fraction of sp³-hybridized carbons (Fsp3) is 0.625. The Hall–Kier alpha value is -0.330. The molecule has 1 aliphatic heterocycles. The number of hydrogen-bond acceptors (Lipinski definition) is 3. The maximum absolute atomic E-state index is 12.9. The lowest BCUT2D eigenvalue weighted by atomic mass is 10.1. The van der Waals surface area contributed by atoms with E-state index in [1.807, 2.05) is 24.3 Å². The van der Waals surface area contributed by atoms with Gasteiger partial charge in [-0.2, -0.15) is 4.31 Å². The second-order valence-electron chi connectivity index (χ2n) is 6.28. The van der Waals surface area contributed by atoms with Crippen molar-refractivity contribution in [1.82, 2.24) is 9.62 Å². The lowest BCUT2D eigenvalue weighted by molar-refractivity contribution is 0.270. The number of nitrogens with one attached hydrogen (secondary N) is 1. The summed E-state index contributed by atoms with van der Waals surface area (Å²) in [6.07, 6.45) is 4.41. The second-order valence-corrected chi connectivity index (χ2v) is 8.65. The molecule has 2 aliphatic rings. The largest absolute Gasteiger partial charge is 0.313 e. The first-order valence-electron chi connectivity index (χ1n) is 8.02. The lowest BCUT2D eigenvalue weighted by Crippen LogP contribution is -2.49. The zero-order chi connectivity index (χ0) is 15.6. The van der Waals surface area contributed by atoms with Crippen molar-refractivity contribution in [3.63, 3.8) is 0 Å². The molecule has 130 valence electrons. The maximum Gasteiger partial charge on any atom is 0.215 e. The summed E-state index contributed by atoms with van der Waals surface area (Å²) in [5.74, 6) is 0.611. The highest BCUT2D eigenvalue weighted by Crippen LogP contribution is 2.33. The van der Waals surface area contributed by atoms with Gasteiger partial charge in [-0.15, -0.1) is 12.4 Å². The van der Waals surface area contributed by atoms with Crippen LogP contribution in [-0.4, -0.2) is 38.1 Å². The first-order valence-corrected chi connectivity index (χ1v) is 10.0. The Bertz CT molecular complexity index is 618. The summed E-state index contributed by atoms with van der Waals surface area (Å²) in [5, 5.41) is 3.93. The number of piperazine rings is 1. The second kappa shape index (κ2) is 8.17. The molecule has 0 spiro atoms. The highest BCUT2D eigenvalue weighted by atomic mass is 35.5. The third-order valence-electron chi connectivity index (χ3n) is 4.74. The van der Waals surface area contributed by atoms with Crippen LogP contribution in [0.25, 0.3) is 0 Å². The van der Waals surface area contributed by atoms with Crippen LogP contribution in [0, 0.1) is 5.92 Å². The highest BCUT2D eigenvalue weighted by Gasteiger charge is 2.35. The van der Waals surface area contributed by atoms with Crippen LogP contribution in [0.15, 0.2) is 24.3 Å². The predicted molar refractivity (Wildman–Crippen MR) is 96.8 cm³/mol. The van der Waals surface area contributed by atoms with Crippen molar-refractivity contribution in [2.45, 2.75) is 31.7 Å². The molecule has 1 aromatic rings. The maximum atomic E-state index is 12.9. The first kappa shape index (κ1) is 19.0. The van der Waals surface area contributed by atoms with E-state index in [0.29, 0.717) is 30.6 Å². The molecule has 3 rings (SSSR count). The summed E-state index contributed by atoms with van der Waals surface area (Å²) in [7, 11) is -3.25. The summed E-state index contributed by atoms with van der Waals surface area (Å²) in [5.41, 5.74) is 0.895. The van der Waals surface area contributed by atoms with Gasteiger partial charge in [0.2, 0.25) is 10.0 Å². The van der Waals surface area contributed by atoms with Gasteiger partial charge in [0.25, 0.3) is 0 Å². The molecule has 23 heavy (non-hydrogen) atoms. The Morgan fingerprint density at radius 3 is 2.61 bits per heavy atom. The fourth-order valence-corrected chi connectivity index (χ4v) is 5.93. The zero-order valence-electron chi connectivity index (χ0n) is 13.1. The molecular formula is C16H24Cl2N2O2S. The van der Waals surface area contributed by atoms with Crippen LogP contribution in [0.5, 0.6) is 0 Å². The number of benzene rings is 1. The number of rotatable bonds is 4. The molecule has 4 nitrogen and oxygen atoms in total. The van der Waals surface area contributed by atoms with Crippen LogP contribution in [0.1, 0.15) is 37.3 Å². The van der Waals surface area contributed by atoms with Gasteiger partial charge in [-0.3, -0.25) is 0 Å². The Balaban J connectivity index is 0.00000192. The summed E-state index contributed by atoms with van der Waals surface area (Å²) < 4.78 is 27.5. The van der Waals surface area contributed by atoms with Crippen molar-refractivity contribution in [1.29, 1.82) is 0 Å². The quantitative estimate of drug-likeness (QED) is 0.874. The van der Waals surface area contributed by atoms with Gasteiger partial charge in [-0.05, 0) is 30.4 Å². The molecule has 2 fully saturated rings. The zero-order valence-corrected chi connectivity index (χ0v) is 15.5. The normalized spacial score (nSPS) is 23.6. The minimum atomic E-state index is -3.25. The van der Waals surface area contributed by atoms with Gasteiger partial charge in [0.15, 0.2) is 0 Å². The monoisotopic (exact) mass is 378 g/mol. The molecule has 1 unspecified atom stereocenters. The van der Waals surface area contributed by atoms with Crippen molar-refractivity contribution < 1.29 is 8.42 Å². The minimum Gasteiger partial charge on any atom is -0.313 e. The molecule has 0 amide bonds. The molecule has 0 bridgehead atoms. The molecule has 1 aromatic carbocycles. The summed E-state index contributed by atoms with van der Waals surface area (Å²) >= 11 is 6.29. The summed E-state index contributed by atoms with van der Waals surface area (Å²) in [4.78, 5) is 0. The van der Waals surface area contributed by atoms with Crippen molar-refractivity contribution in [2.24, 2.45) is 5.92 Å². The van der Waals surface area contributed by atoms with Crippen molar-refractivity contribution >= 4 is 34.0 Å². The number of sulfonamides is 1. The number of nitrogens with zero attached hydrogens (tertiary/aromatic N) is 1. The van der Waals surface area contributed by atoms with E-state index >= 15 is 0 Å². The SMILES string of the molecule is Cl.O=S(=O)(CC1CCCC1)N1CCNCC1c1ccccc1Cl. The minimum absolute atomic E-state index is 0. The summed E-state index contributed by atoms with van der Waals surface area (Å²) in [6, 6.07) is 7.34. The van der Waals surface area contributed by atoms with E-state index in [0.717, 1.165) is 31.2 Å². The van der Waals surface area contributed by atoms with Crippen LogP contribution >= 0.6 is 24.0 Å². The van der Waals surface area contributed by atoms with E-state index < -0.39 is 10.0 Å². The van der Waals surface area contributed by atoms with Gasteiger partial charge in [-0.25, -0.2) is 8.42 Å². The van der Waals surface area contributed by atoms with Crippen molar-refractivity contribution in [3.05, 3.63) is 34.9 Å². The topological polar surface area (TPSA) is 49.4 Å². The van der Waals surface area contributed by atoms with E-state index in [2.05, 4.69) is 5.32 Å². The van der Waals surface area contributed by atoms with E-state index in [1.165, 1.54) is 0 Å². The van der Waals surface area contributed by atoms with Gasteiger partial charge in [0, 0.05) is 24.7 Å². The van der Waals surface area contributed by atoms with Crippen molar-refractivity contribution in [3.8, 4) is 0 Å². The Labute approximate surface area is 150 Å². The molecule has 1 N–H and O–H groups in total. The summed E-state index contributed by atoms with van der Waals surface area (Å²) in [6.45, 7) is 1.84. The van der Waals surface area contributed by atoms with Gasteiger partial charge < -0.3 is 5.32 Å². The molecule has 1 saturated heterocycles. The number of halogens is 2. The fourth-order valence-electron chi connectivity index (χ4n) is 3.60. The molecule has 1 atom stereocenters. The molecule has 0 aromatic heterocycles. The smallest absolute Gasteiger partial charge is 0.215 e. The van der Waals surface area contributed by atoms with Crippen LogP contribution < -0.4 is 5.32 Å². The van der Waals surface area contributed by atoms with Gasteiger partial charge in [0.05, 0.1) is 11.8 Å². The van der Waals surface area contributed by atoms with Crippen LogP contribution in [0.4, 0.5) is 0 Å². The molecule has 0 radical (unpaired) electrons. The third-order valence-corrected chi connectivity index (χ3v) is 7.13. The standard InChI is InChI=1S/C16H23ClN2O2S.ClH/c17-15-8-4-3-7-14(15)16-11-18-9-10-19(16)22(20,21)12-13-5-1-2-6-13;/h3-4,7-8,13,16,18H,1-2,5-6,9-12H2;1H. The molecule has 1 saturated carbocycles. The highest BCUT2D eigenvalue weighted by molar-refractivity contribution is 7.89. The van der Waals surface area contributed by atoms with Crippen LogP contribution in [-0.2, 0) is 10.0 Å². The average Bonchev–Trinajstić information content (AvgIpc) is 3.00. The van der Waals surface area contributed by atoms with E-state index in [4.69, 9.17) is 11.6 Å². The predicted octanol–water partition coefficient (Wildman–Crippen LogP) is 3.23. The Kier molecular flexibility index (Phi) is 6.75. The molecule has 1 heterocycles. The van der Waals surface area contributed by atoms with Crippen LogP contribution in [0.2, 0.25) is 5.02 Å². The van der Waals surface area contributed by atoms with Gasteiger partial charge in [-0.1, -0.05) is 42.6 Å². The van der Waals surface area contributed by atoms with E-state index in [9.17, 15) is 8.42 Å².